The zero-order chi connectivity index (χ0) is 16.2. The second kappa shape index (κ2) is 6.64. The standard InChI is InChI=1S/C17H19N3O3/c1-12-2-6-18-15(10-12)19-16(21)13-3-7-20(8-4-13)17(22)14-5-9-23-11-14/h2,5-6,9-11,13H,3-4,7-8H2,1H3,(H,18,19,21). The van der Waals surface area contributed by atoms with Crippen molar-refractivity contribution in [1.82, 2.24) is 9.88 Å². The van der Waals surface area contributed by atoms with Crippen molar-refractivity contribution in [3.63, 3.8) is 0 Å². The highest BCUT2D eigenvalue weighted by Gasteiger charge is 2.28. The molecule has 6 heteroatoms. The van der Waals surface area contributed by atoms with Gasteiger partial charge in [0.2, 0.25) is 5.91 Å². The zero-order valence-corrected chi connectivity index (χ0v) is 13.0. The Balaban J connectivity index is 1.54. The van der Waals surface area contributed by atoms with E-state index in [-0.39, 0.29) is 17.7 Å². The van der Waals surface area contributed by atoms with Gasteiger partial charge in [0.05, 0.1) is 11.8 Å². The van der Waals surface area contributed by atoms with Gasteiger partial charge < -0.3 is 14.6 Å². The summed E-state index contributed by atoms with van der Waals surface area (Å²) < 4.78 is 4.94. The largest absolute Gasteiger partial charge is 0.472 e. The van der Waals surface area contributed by atoms with Crippen LogP contribution in [0.1, 0.15) is 28.8 Å². The van der Waals surface area contributed by atoms with Crippen LogP contribution in [0.15, 0.2) is 41.3 Å². The topological polar surface area (TPSA) is 75.4 Å². The molecule has 1 aliphatic heterocycles. The molecule has 0 atom stereocenters. The van der Waals surface area contributed by atoms with Gasteiger partial charge in [-0.2, -0.15) is 0 Å². The Kier molecular flexibility index (Phi) is 4.41. The molecule has 1 aliphatic rings. The molecule has 2 aromatic heterocycles. The predicted octanol–water partition coefficient (Wildman–Crippen LogP) is 2.47. The van der Waals surface area contributed by atoms with Gasteiger partial charge in [-0.3, -0.25) is 9.59 Å². The minimum atomic E-state index is -0.0919. The van der Waals surface area contributed by atoms with Gasteiger partial charge in [0, 0.05) is 25.2 Å². The van der Waals surface area contributed by atoms with Crippen LogP contribution in [-0.2, 0) is 4.79 Å². The number of rotatable bonds is 3. The van der Waals surface area contributed by atoms with Crippen LogP contribution in [0.2, 0.25) is 0 Å². The molecule has 3 rings (SSSR count). The number of nitrogens with zero attached hydrogens (tertiary/aromatic N) is 2. The van der Waals surface area contributed by atoms with Crippen LogP contribution in [0.4, 0.5) is 5.82 Å². The first-order valence-electron chi connectivity index (χ1n) is 7.68. The number of pyridine rings is 1. The van der Waals surface area contributed by atoms with Gasteiger partial charge in [0.15, 0.2) is 0 Å². The van der Waals surface area contributed by atoms with Gasteiger partial charge in [-0.25, -0.2) is 4.98 Å². The van der Waals surface area contributed by atoms with Crippen molar-refractivity contribution in [3.8, 4) is 0 Å². The maximum absolute atomic E-state index is 12.3. The molecule has 1 saturated heterocycles. The molecule has 1 fully saturated rings. The number of hydrogen-bond donors (Lipinski definition) is 1. The number of furan rings is 1. The van der Waals surface area contributed by atoms with Gasteiger partial charge in [0.1, 0.15) is 12.1 Å². The Morgan fingerprint density at radius 2 is 2.09 bits per heavy atom. The monoisotopic (exact) mass is 313 g/mol. The number of carbonyl (C=O) groups is 2. The number of amides is 2. The first-order chi connectivity index (χ1) is 11.1. The summed E-state index contributed by atoms with van der Waals surface area (Å²) in [4.78, 5) is 30.4. The first kappa shape index (κ1) is 15.3. The van der Waals surface area contributed by atoms with Gasteiger partial charge in [-0.05, 0) is 43.5 Å². The Bertz CT molecular complexity index is 689. The van der Waals surface area contributed by atoms with E-state index < -0.39 is 0 Å². The zero-order valence-electron chi connectivity index (χ0n) is 13.0. The smallest absolute Gasteiger partial charge is 0.257 e. The van der Waals surface area contributed by atoms with Crippen LogP contribution in [0, 0.1) is 12.8 Å². The van der Waals surface area contributed by atoms with Crippen LogP contribution in [-0.4, -0.2) is 34.8 Å². The summed E-state index contributed by atoms with van der Waals surface area (Å²) in [5.74, 6) is 0.411. The minimum absolute atomic E-state index is 0.0292. The van der Waals surface area contributed by atoms with E-state index in [0.29, 0.717) is 37.3 Å². The lowest BCUT2D eigenvalue weighted by Gasteiger charge is -2.31. The summed E-state index contributed by atoms with van der Waals surface area (Å²) >= 11 is 0. The fraction of sp³-hybridized carbons (Fsp3) is 0.353. The Morgan fingerprint density at radius 1 is 1.30 bits per heavy atom. The lowest BCUT2D eigenvalue weighted by molar-refractivity contribution is -0.121. The maximum Gasteiger partial charge on any atom is 0.257 e. The molecule has 23 heavy (non-hydrogen) atoms. The van der Waals surface area contributed by atoms with Crippen molar-refractivity contribution in [3.05, 3.63) is 48.0 Å². The van der Waals surface area contributed by atoms with Gasteiger partial charge in [-0.1, -0.05) is 0 Å². The number of hydrogen-bond acceptors (Lipinski definition) is 4. The minimum Gasteiger partial charge on any atom is -0.472 e. The molecule has 120 valence electrons. The van der Waals surface area contributed by atoms with E-state index in [2.05, 4.69) is 10.3 Å². The number of aryl methyl sites for hydroxylation is 1. The van der Waals surface area contributed by atoms with Gasteiger partial charge >= 0.3 is 0 Å². The quantitative estimate of drug-likeness (QED) is 0.944. The molecule has 1 N–H and O–H groups in total. The highest BCUT2D eigenvalue weighted by atomic mass is 16.3. The molecule has 0 radical (unpaired) electrons. The molecule has 0 spiro atoms. The van der Waals surface area contributed by atoms with E-state index in [1.807, 2.05) is 19.1 Å². The van der Waals surface area contributed by atoms with Gasteiger partial charge in [0.25, 0.3) is 5.91 Å². The van der Waals surface area contributed by atoms with E-state index in [0.717, 1.165) is 5.56 Å². The van der Waals surface area contributed by atoms with E-state index in [1.54, 1.807) is 17.2 Å². The highest BCUT2D eigenvalue weighted by molar-refractivity contribution is 5.94. The molecule has 3 heterocycles. The molecular formula is C17H19N3O3. The summed E-state index contributed by atoms with van der Waals surface area (Å²) in [6, 6.07) is 5.38. The fourth-order valence-electron chi connectivity index (χ4n) is 2.75. The summed E-state index contributed by atoms with van der Waals surface area (Å²) in [5, 5.41) is 2.86. The summed E-state index contributed by atoms with van der Waals surface area (Å²) in [6.45, 7) is 3.10. The lowest BCUT2D eigenvalue weighted by Crippen LogP contribution is -2.41. The number of aromatic nitrogens is 1. The summed E-state index contributed by atoms with van der Waals surface area (Å²) in [5.41, 5.74) is 1.60. The third kappa shape index (κ3) is 3.59. The molecule has 0 saturated carbocycles. The Labute approximate surface area is 134 Å². The van der Waals surface area contributed by atoms with Crippen molar-refractivity contribution in [1.29, 1.82) is 0 Å². The lowest BCUT2D eigenvalue weighted by atomic mass is 9.95. The van der Waals surface area contributed by atoms with Gasteiger partial charge in [-0.15, -0.1) is 0 Å². The van der Waals surface area contributed by atoms with Crippen LogP contribution in [0.25, 0.3) is 0 Å². The summed E-state index contributed by atoms with van der Waals surface area (Å²) in [6.07, 6.45) is 5.92. The third-order valence-electron chi connectivity index (χ3n) is 4.09. The van der Waals surface area contributed by atoms with Crippen molar-refractivity contribution in [2.75, 3.05) is 18.4 Å². The summed E-state index contributed by atoms with van der Waals surface area (Å²) in [7, 11) is 0. The van der Waals surface area contributed by atoms with Crippen LogP contribution >= 0.6 is 0 Å². The molecular weight excluding hydrogens is 294 g/mol. The van der Waals surface area contributed by atoms with Crippen molar-refractivity contribution >= 4 is 17.6 Å². The highest BCUT2D eigenvalue weighted by Crippen LogP contribution is 2.21. The molecule has 2 amide bonds. The first-order valence-corrected chi connectivity index (χ1v) is 7.68. The number of carbonyl (C=O) groups excluding carboxylic acids is 2. The van der Waals surface area contributed by atoms with Crippen LogP contribution in [0.5, 0.6) is 0 Å². The second-order valence-corrected chi connectivity index (χ2v) is 5.79. The third-order valence-corrected chi connectivity index (χ3v) is 4.09. The van der Waals surface area contributed by atoms with Crippen LogP contribution in [0.3, 0.4) is 0 Å². The second-order valence-electron chi connectivity index (χ2n) is 5.79. The number of piperidine rings is 1. The van der Waals surface area contributed by atoms with E-state index in [9.17, 15) is 9.59 Å². The number of likely N-dealkylation sites (tertiary alicyclic amines) is 1. The molecule has 0 unspecified atom stereocenters. The molecule has 2 aromatic rings. The fourth-order valence-corrected chi connectivity index (χ4v) is 2.75. The Hall–Kier alpha value is -2.63. The van der Waals surface area contributed by atoms with Crippen molar-refractivity contribution < 1.29 is 14.0 Å². The molecule has 0 aliphatic carbocycles. The number of anilines is 1. The molecule has 6 nitrogen and oxygen atoms in total. The van der Waals surface area contributed by atoms with E-state index in [4.69, 9.17) is 4.42 Å². The SMILES string of the molecule is Cc1ccnc(NC(=O)C2CCN(C(=O)c3ccoc3)CC2)c1. The van der Waals surface area contributed by atoms with Crippen molar-refractivity contribution in [2.24, 2.45) is 5.92 Å². The van der Waals surface area contributed by atoms with E-state index in [1.165, 1.54) is 12.5 Å². The predicted molar refractivity (Wildman–Crippen MR) is 84.9 cm³/mol. The normalized spacial score (nSPS) is 15.4. The molecule has 0 aromatic carbocycles. The molecule has 0 bridgehead atoms. The maximum atomic E-state index is 12.3. The van der Waals surface area contributed by atoms with E-state index >= 15 is 0 Å². The van der Waals surface area contributed by atoms with Crippen LogP contribution < -0.4 is 5.32 Å². The Morgan fingerprint density at radius 3 is 2.74 bits per heavy atom. The number of nitrogens with one attached hydrogen (secondary N) is 1. The average molecular weight is 313 g/mol. The average Bonchev–Trinajstić information content (AvgIpc) is 3.09. The van der Waals surface area contributed by atoms with Crippen molar-refractivity contribution in [2.45, 2.75) is 19.8 Å².